The molecule has 0 saturated carbocycles. The molecule has 20 heteroatoms. The molecule has 0 unspecified atom stereocenters. The number of halogens is 11. The quantitative estimate of drug-likeness (QED) is 0.141. The van der Waals surface area contributed by atoms with Crippen molar-refractivity contribution in [2.45, 2.75) is 37.0 Å². The van der Waals surface area contributed by atoms with Crippen molar-refractivity contribution in [2.24, 2.45) is 5.73 Å². The number of nitrogens with zero attached hydrogens (tertiary/aromatic N) is 6. The number of hydrogen-bond acceptors (Lipinski definition) is 8. The molecule has 2 aromatic carbocycles. The Morgan fingerprint density at radius 2 is 1.14 bits per heavy atom. The minimum atomic E-state index is -4.06. The lowest BCUT2D eigenvalue weighted by molar-refractivity contribution is -0.207. The van der Waals surface area contributed by atoms with Crippen molar-refractivity contribution in [2.75, 3.05) is 6.54 Å². The van der Waals surface area contributed by atoms with Gasteiger partial charge in [-0.25, -0.2) is 22.2 Å². The molecule has 270 valence electrons. The third kappa shape index (κ3) is 8.31. The summed E-state index contributed by atoms with van der Waals surface area (Å²) in [6.07, 6.45) is 3.21. The lowest BCUT2D eigenvalue weighted by atomic mass is 9.84. The van der Waals surface area contributed by atoms with E-state index in [4.69, 9.17) is 5.73 Å². The van der Waals surface area contributed by atoms with E-state index in [2.05, 4.69) is 57.4 Å². The first-order chi connectivity index (χ1) is 22.5. The number of benzene rings is 2. The number of pyridine rings is 2. The molecule has 0 aliphatic rings. The zero-order chi connectivity index (χ0) is 35.5. The molecule has 0 radical (unpaired) electrons. The summed E-state index contributed by atoms with van der Waals surface area (Å²) in [5.41, 5.74) is -4.14. The van der Waals surface area contributed by atoms with Crippen LogP contribution in [0.15, 0.2) is 88.3 Å². The lowest BCUT2D eigenvalue weighted by Crippen LogP contribution is -2.50. The minimum absolute atomic E-state index is 0. The van der Waals surface area contributed by atoms with Gasteiger partial charge in [0.2, 0.25) is 0 Å². The van der Waals surface area contributed by atoms with Crippen LogP contribution in [0.25, 0.3) is 0 Å². The molecule has 0 amide bonds. The number of rotatable bonds is 9. The molecule has 0 aliphatic carbocycles. The van der Waals surface area contributed by atoms with E-state index in [-0.39, 0.29) is 12.1 Å². The number of tetrazole rings is 1. The maximum absolute atomic E-state index is 15.2. The second-order valence-corrected chi connectivity index (χ2v) is 11.9. The first kappa shape index (κ1) is 42.2. The van der Waals surface area contributed by atoms with Crippen LogP contribution in [0.4, 0.5) is 39.8 Å². The van der Waals surface area contributed by atoms with Gasteiger partial charge >= 0.3 is 11.8 Å². The van der Waals surface area contributed by atoms with Gasteiger partial charge < -0.3 is 15.9 Å². The Hall–Kier alpha value is -3.98. The number of aliphatic hydroxyl groups is 2. The Bertz CT molecular complexity index is 1860. The van der Waals surface area contributed by atoms with E-state index in [1.807, 2.05) is 0 Å². The van der Waals surface area contributed by atoms with Gasteiger partial charge in [0.05, 0.1) is 6.54 Å². The van der Waals surface area contributed by atoms with Gasteiger partial charge in [-0.3, -0.25) is 14.7 Å². The van der Waals surface area contributed by atoms with Crippen LogP contribution in [-0.4, -0.2) is 46.9 Å². The highest BCUT2D eigenvalue weighted by Crippen LogP contribution is 2.47. The molecule has 5 aromatic rings. The summed E-state index contributed by atoms with van der Waals surface area (Å²) >= 11 is 6.12. The number of alkyl halides is 4. The molecule has 0 spiro atoms. The molecule has 3 heterocycles. The Labute approximate surface area is 294 Å². The average molecular weight is 847 g/mol. The fourth-order valence-electron chi connectivity index (χ4n) is 4.44. The standard InChI is InChI=1S/C15H10BrF4N5O.C14H11BrF4N2O.CH4.FH/c16-9-1-4-13(21-6-9)15(19,20)14(26,7-25-8-22-23-24-25)11-3-2-10(17)5-12(11)18;15-8-1-4-12(21-6-8)14(18,19)13(22,7-20)10-3-2-9(16)5-11(10)17;;/h1-6,8,26H,7H2;1-6,22H,7,20H2;1H4;1H/t14-;13-;;/m00../s1. The second kappa shape index (κ2) is 16.4. The summed E-state index contributed by atoms with van der Waals surface area (Å²) in [5, 5.41) is 31.3. The van der Waals surface area contributed by atoms with Crippen LogP contribution >= 0.6 is 31.9 Å². The van der Waals surface area contributed by atoms with Gasteiger partial charge in [0, 0.05) is 51.1 Å². The molecule has 5 rings (SSSR count). The van der Waals surface area contributed by atoms with Gasteiger partial charge in [0.1, 0.15) is 41.0 Å². The Morgan fingerprint density at radius 3 is 1.50 bits per heavy atom. The number of nitrogens with two attached hydrogens (primary N) is 1. The Morgan fingerprint density at radius 1 is 0.700 bits per heavy atom. The predicted octanol–water partition coefficient (Wildman–Crippen LogP) is 6.64. The fraction of sp³-hybridized carbons (Fsp3) is 0.233. The van der Waals surface area contributed by atoms with Gasteiger partial charge in [-0.1, -0.05) is 13.5 Å². The summed E-state index contributed by atoms with van der Waals surface area (Å²) in [5.74, 6) is -12.6. The molecule has 9 nitrogen and oxygen atoms in total. The molecule has 0 fully saturated rings. The van der Waals surface area contributed by atoms with Crippen LogP contribution in [0.2, 0.25) is 0 Å². The monoisotopic (exact) mass is 845 g/mol. The number of hydrogen-bond donors (Lipinski definition) is 3. The summed E-state index contributed by atoms with van der Waals surface area (Å²) < 4.78 is 116. The van der Waals surface area contributed by atoms with Gasteiger partial charge in [-0.2, -0.15) is 17.6 Å². The first-order valence-corrected chi connectivity index (χ1v) is 14.8. The van der Waals surface area contributed by atoms with Crippen LogP contribution in [0.1, 0.15) is 29.9 Å². The molecule has 4 N–H and O–H groups in total. The summed E-state index contributed by atoms with van der Waals surface area (Å²) in [6, 6.07) is 8.40. The van der Waals surface area contributed by atoms with E-state index in [0.29, 0.717) is 21.1 Å². The van der Waals surface area contributed by atoms with Crippen molar-refractivity contribution >= 4 is 31.9 Å². The largest absolute Gasteiger partial charge is 0.377 e. The second-order valence-electron chi connectivity index (χ2n) is 10.1. The fourth-order valence-corrected chi connectivity index (χ4v) is 4.91. The number of aromatic nitrogens is 6. The van der Waals surface area contributed by atoms with Gasteiger partial charge in [-0.05, 0) is 84.8 Å². The third-order valence-electron chi connectivity index (χ3n) is 6.97. The molecular weight excluding hydrogens is 821 g/mol. The van der Waals surface area contributed by atoms with Gasteiger partial charge in [0.25, 0.3) is 0 Å². The zero-order valence-electron chi connectivity index (χ0n) is 24.3. The molecule has 0 bridgehead atoms. The van der Waals surface area contributed by atoms with Crippen LogP contribution < -0.4 is 5.73 Å². The van der Waals surface area contributed by atoms with Crippen molar-refractivity contribution in [1.29, 1.82) is 0 Å². The molecule has 2 atom stereocenters. The van der Waals surface area contributed by atoms with Crippen molar-refractivity contribution in [3.05, 3.63) is 134 Å². The average Bonchev–Trinajstić information content (AvgIpc) is 3.54. The maximum Gasteiger partial charge on any atom is 0.323 e. The molecule has 0 aliphatic heterocycles. The van der Waals surface area contributed by atoms with E-state index in [9.17, 15) is 36.6 Å². The van der Waals surface area contributed by atoms with E-state index < -0.39 is 81.9 Å². The molecular formula is C30H26Br2F9N7O2. The van der Waals surface area contributed by atoms with Gasteiger partial charge in [0.15, 0.2) is 11.2 Å². The van der Waals surface area contributed by atoms with E-state index in [0.717, 1.165) is 59.8 Å². The van der Waals surface area contributed by atoms with Crippen LogP contribution in [0.3, 0.4) is 0 Å². The highest BCUT2D eigenvalue weighted by atomic mass is 79.9. The summed E-state index contributed by atoms with van der Waals surface area (Å²) in [7, 11) is 0. The minimum Gasteiger partial charge on any atom is -0.377 e. The Balaban J connectivity index is 0.000000338. The van der Waals surface area contributed by atoms with Crippen LogP contribution in [0, 0.1) is 23.3 Å². The van der Waals surface area contributed by atoms with E-state index >= 15 is 8.78 Å². The SMILES string of the molecule is C.F.NC[C@](O)(c1ccc(F)cc1F)C(F)(F)c1ccc(Br)cn1.O[C@@](Cn1cnnn1)(c1ccc(F)cc1F)C(F)(F)c1ccc(Br)cn1. The van der Waals surface area contributed by atoms with Crippen molar-refractivity contribution < 1.29 is 50.0 Å². The lowest BCUT2D eigenvalue weighted by Gasteiger charge is -2.35. The highest BCUT2D eigenvalue weighted by Gasteiger charge is 2.58. The van der Waals surface area contributed by atoms with Gasteiger partial charge in [-0.15, -0.1) is 5.10 Å². The smallest absolute Gasteiger partial charge is 0.323 e. The molecule has 50 heavy (non-hydrogen) atoms. The van der Waals surface area contributed by atoms with Crippen LogP contribution in [-0.2, 0) is 29.6 Å². The van der Waals surface area contributed by atoms with E-state index in [1.165, 1.54) is 12.1 Å². The topological polar surface area (TPSA) is 136 Å². The van der Waals surface area contributed by atoms with Crippen molar-refractivity contribution in [1.82, 2.24) is 30.2 Å². The zero-order valence-corrected chi connectivity index (χ0v) is 27.4. The first-order valence-electron chi connectivity index (χ1n) is 13.2. The molecule has 0 saturated heterocycles. The van der Waals surface area contributed by atoms with Crippen molar-refractivity contribution in [3.8, 4) is 0 Å². The molecule has 3 aromatic heterocycles. The highest BCUT2D eigenvalue weighted by molar-refractivity contribution is 9.10. The predicted molar refractivity (Wildman–Crippen MR) is 168 cm³/mol. The third-order valence-corrected chi connectivity index (χ3v) is 7.91. The van der Waals surface area contributed by atoms with E-state index in [1.54, 1.807) is 0 Å². The maximum atomic E-state index is 15.2. The normalized spacial score (nSPS) is 13.9. The summed E-state index contributed by atoms with van der Waals surface area (Å²) in [6.45, 7) is -1.88. The van der Waals surface area contributed by atoms with Crippen molar-refractivity contribution in [3.63, 3.8) is 0 Å². The Kier molecular flexibility index (Phi) is 13.8. The van der Waals surface area contributed by atoms with Crippen LogP contribution in [0.5, 0.6) is 0 Å². The summed E-state index contributed by atoms with van der Waals surface area (Å²) in [4.78, 5) is 7.13.